The zero-order valence-electron chi connectivity index (χ0n) is 12.9. The van der Waals surface area contributed by atoms with Gasteiger partial charge in [-0.1, -0.05) is 24.2 Å². The summed E-state index contributed by atoms with van der Waals surface area (Å²) in [6.45, 7) is 5.57. The lowest BCUT2D eigenvalue weighted by Crippen LogP contribution is -2.40. The number of urea groups is 1. The molecule has 1 fully saturated rings. The van der Waals surface area contributed by atoms with E-state index in [-0.39, 0.29) is 6.03 Å². The highest BCUT2D eigenvalue weighted by Gasteiger charge is 2.21. The zero-order valence-corrected chi connectivity index (χ0v) is 12.9. The number of benzene rings is 1. The van der Waals surface area contributed by atoms with E-state index in [9.17, 15) is 4.79 Å². The summed E-state index contributed by atoms with van der Waals surface area (Å²) in [6, 6.07) is 7.42. The molecular formula is C16H20N4O2. The Balaban J connectivity index is 1.76. The minimum atomic E-state index is -0.0698. The van der Waals surface area contributed by atoms with Gasteiger partial charge in [0.25, 0.3) is 0 Å². The van der Waals surface area contributed by atoms with Crippen LogP contribution in [0.15, 0.2) is 28.8 Å². The van der Waals surface area contributed by atoms with Crippen LogP contribution in [0.3, 0.4) is 0 Å². The molecule has 0 saturated carbocycles. The fourth-order valence-corrected chi connectivity index (χ4v) is 2.60. The molecule has 6 nitrogen and oxygen atoms in total. The number of likely N-dealkylation sites (tertiary alicyclic amines) is 1. The number of carbonyl (C=O) groups excluding carboxylic acids is 1. The highest BCUT2D eigenvalue weighted by Crippen LogP contribution is 2.26. The summed E-state index contributed by atoms with van der Waals surface area (Å²) < 4.78 is 5.02. The Hall–Kier alpha value is -2.37. The van der Waals surface area contributed by atoms with Crippen LogP contribution in [0.2, 0.25) is 0 Å². The number of hydrogen-bond donors (Lipinski definition) is 1. The van der Waals surface area contributed by atoms with Crippen molar-refractivity contribution in [1.82, 2.24) is 15.0 Å². The van der Waals surface area contributed by atoms with E-state index in [0.29, 0.717) is 23.3 Å². The number of nitrogens with one attached hydrogen (secondary N) is 1. The van der Waals surface area contributed by atoms with Gasteiger partial charge in [0.2, 0.25) is 11.7 Å². The van der Waals surface area contributed by atoms with Crippen LogP contribution >= 0.6 is 0 Å². The molecule has 1 aliphatic heterocycles. The second kappa shape index (κ2) is 6.17. The molecule has 1 aromatic heterocycles. The first-order valence-electron chi connectivity index (χ1n) is 7.59. The molecule has 6 heteroatoms. The Morgan fingerprint density at radius 1 is 1.32 bits per heavy atom. The number of anilines is 1. The lowest BCUT2D eigenvalue weighted by atomic mass is 10.00. The number of piperidine rings is 1. The summed E-state index contributed by atoms with van der Waals surface area (Å²) in [6.07, 6.45) is 2.11. The monoisotopic (exact) mass is 300 g/mol. The quantitative estimate of drug-likeness (QED) is 0.923. The molecule has 2 aromatic rings. The van der Waals surface area contributed by atoms with Crippen LogP contribution in [-0.2, 0) is 0 Å². The number of aryl methyl sites for hydroxylation is 1. The molecule has 0 bridgehead atoms. The molecule has 3 rings (SSSR count). The number of carbonyl (C=O) groups is 1. The van der Waals surface area contributed by atoms with E-state index in [0.717, 1.165) is 31.5 Å². The molecule has 0 atom stereocenters. The number of aromatic nitrogens is 2. The third-order valence-corrected chi connectivity index (χ3v) is 4.01. The van der Waals surface area contributed by atoms with Crippen LogP contribution in [0.5, 0.6) is 0 Å². The standard InChI is InChI=1S/C16H20N4O2/c1-11-7-9-20(10-8-11)16(21)18-14-6-4-3-5-13(14)15-17-12(2)22-19-15/h3-6,11H,7-10H2,1-2H3,(H,18,21). The maximum Gasteiger partial charge on any atom is 0.321 e. The van der Waals surface area contributed by atoms with E-state index in [1.165, 1.54) is 0 Å². The fraction of sp³-hybridized carbons (Fsp3) is 0.438. The molecule has 0 aliphatic carbocycles. The van der Waals surface area contributed by atoms with Crippen LogP contribution < -0.4 is 5.32 Å². The number of hydrogen-bond acceptors (Lipinski definition) is 4. The molecule has 2 amide bonds. The molecular weight excluding hydrogens is 280 g/mol. The second-order valence-electron chi connectivity index (χ2n) is 5.78. The van der Waals surface area contributed by atoms with Crippen LogP contribution in [-0.4, -0.2) is 34.2 Å². The summed E-state index contributed by atoms with van der Waals surface area (Å²) in [5.41, 5.74) is 1.46. The van der Waals surface area contributed by atoms with Crippen LogP contribution in [0, 0.1) is 12.8 Å². The molecule has 1 aromatic carbocycles. The molecule has 0 radical (unpaired) electrons. The Morgan fingerprint density at radius 2 is 2.05 bits per heavy atom. The van der Waals surface area contributed by atoms with E-state index in [4.69, 9.17) is 4.52 Å². The van der Waals surface area contributed by atoms with Gasteiger partial charge in [-0.3, -0.25) is 0 Å². The van der Waals surface area contributed by atoms with Crippen molar-refractivity contribution in [3.63, 3.8) is 0 Å². The molecule has 1 N–H and O–H groups in total. The Labute approximate surface area is 129 Å². The van der Waals surface area contributed by atoms with Gasteiger partial charge in [-0.25, -0.2) is 4.79 Å². The van der Waals surface area contributed by atoms with Gasteiger partial charge in [0, 0.05) is 25.6 Å². The van der Waals surface area contributed by atoms with Crippen molar-refractivity contribution in [2.75, 3.05) is 18.4 Å². The predicted molar refractivity (Wildman–Crippen MR) is 83.5 cm³/mol. The maximum absolute atomic E-state index is 12.4. The van der Waals surface area contributed by atoms with Crippen molar-refractivity contribution in [2.24, 2.45) is 5.92 Å². The molecule has 22 heavy (non-hydrogen) atoms. The summed E-state index contributed by atoms with van der Waals surface area (Å²) in [5.74, 6) is 1.68. The third kappa shape index (κ3) is 3.10. The van der Waals surface area contributed by atoms with E-state index in [1.54, 1.807) is 6.92 Å². The second-order valence-corrected chi connectivity index (χ2v) is 5.78. The lowest BCUT2D eigenvalue weighted by Gasteiger charge is -2.30. The first-order valence-corrected chi connectivity index (χ1v) is 7.59. The third-order valence-electron chi connectivity index (χ3n) is 4.01. The molecule has 0 unspecified atom stereocenters. The lowest BCUT2D eigenvalue weighted by molar-refractivity contribution is 0.186. The van der Waals surface area contributed by atoms with Crippen LogP contribution in [0.4, 0.5) is 10.5 Å². The van der Waals surface area contributed by atoms with Crippen molar-refractivity contribution < 1.29 is 9.32 Å². The topological polar surface area (TPSA) is 71.3 Å². The Kier molecular flexibility index (Phi) is 4.09. The van der Waals surface area contributed by atoms with Crippen molar-refractivity contribution in [2.45, 2.75) is 26.7 Å². The average Bonchev–Trinajstić information content (AvgIpc) is 2.95. The Morgan fingerprint density at radius 3 is 2.73 bits per heavy atom. The van der Waals surface area contributed by atoms with Gasteiger partial charge in [-0.15, -0.1) is 0 Å². The maximum atomic E-state index is 12.4. The van der Waals surface area contributed by atoms with E-state index in [2.05, 4.69) is 22.4 Å². The first-order chi connectivity index (χ1) is 10.6. The van der Waals surface area contributed by atoms with Gasteiger partial charge in [-0.2, -0.15) is 4.98 Å². The predicted octanol–water partition coefficient (Wildman–Crippen LogP) is 3.31. The van der Waals surface area contributed by atoms with Crippen molar-refractivity contribution >= 4 is 11.7 Å². The van der Waals surface area contributed by atoms with Gasteiger partial charge in [0.15, 0.2) is 0 Å². The smallest absolute Gasteiger partial charge is 0.321 e. The molecule has 1 aliphatic rings. The zero-order chi connectivity index (χ0) is 15.5. The van der Waals surface area contributed by atoms with Crippen molar-refractivity contribution in [1.29, 1.82) is 0 Å². The summed E-state index contributed by atoms with van der Waals surface area (Å²) >= 11 is 0. The molecule has 0 spiro atoms. The summed E-state index contributed by atoms with van der Waals surface area (Å²) in [5, 5.41) is 6.89. The number of rotatable bonds is 2. The van der Waals surface area contributed by atoms with Gasteiger partial charge in [0.1, 0.15) is 0 Å². The molecule has 116 valence electrons. The van der Waals surface area contributed by atoms with Crippen molar-refractivity contribution in [3.8, 4) is 11.4 Å². The fourth-order valence-electron chi connectivity index (χ4n) is 2.60. The van der Waals surface area contributed by atoms with Crippen molar-refractivity contribution in [3.05, 3.63) is 30.2 Å². The van der Waals surface area contributed by atoms with E-state index in [1.807, 2.05) is 29.2 Å². The number of para-hydroxylation sites is 1. The largest absolute Gasteiger partial charge is 0.339 e. The molecule has 1 saturated heterocycles. The Bertz CT molecular complexity index is 660. The average molecular weight is 300 g/mol. The number of nitrogens with zero attached hydrogens (tertiary/aromatic N) is 3. The number of amides is 2. The normalized spacial score (nSPS) is 15.8. The van der Waals surface area contributed by atoms with Gasteiger partial charge < -0.3 is 14.7 Å². The minimum Gasteiger partial charge on any atom is -0.339 e. The van der Waals surface area contributed by atoms with Crippen LogP contribution in [0.25, 0.3) is 11.4 Å². The minimum absolute atomic E-state index is 0.0698. The van der Waals surface area contributed by atoms with Gasteiger partial charge >= 0.3 is 6.03 Å². The molecule has 2 heterocycles. The highest BCUT2D eigenvalue weighted by atomic mass is 16.5. The van der Waals surface area contributed by atoms with E-state index < -0.39 is 0 Å². The SMILES string of the molecule is Cc1nc(-c2ccccc2NC(=O)N2CCC(C)CC2)no1. The van der Waals surface area contributed by atoms with Crippen LogP contribution in [0.1, 0.15) is 25.7 Å². The highest BCUT2D eigenvalue weighted by molar-refractivity contribution is 5.93. The van der Waals surface area contributed by atoms with Gasteiger partial charge in [-0.05, 0) is 30.9 Å². The summed E-state index contributed by atoms with van der Waals surface area (Å²) in [7, 11) is 0. The summed E-state index contributed by atoms with van der Waals surface area (Å²) in [4.78, 5) is 18.5. The first kappa shape index (κ1) is 14.6. The van der Waals surface area contributed by atoms with E-state index >= 15 is 0 Å². The van der Waals surface area contributed by atoms with Gasteiger partial charge in [0.05, 0.1) is 5.69 Å².